The van der Waals surface area contributed by atoms with Crippen molar-refractivity contribution in [2.45, 2.75) is 49.6 Å². The van der Waals surface area contributed by atoms with E-state index < -0.39 is 25.9 Å². The molecule has 1 aromatic rings. The van der Waals surface area contributed by atoms with Crippen LogP contribution in [0.15, 0.2) is 34.2 Å². The van der Waals surface area contributed by atoms with Crippen LogP contribution in [0.25, 0.3) is 0 Å². The van der Waals surface area contributed by atoms with Gasteiger partial charge < -0.3 is 4.90 Å². The van der Waals surface area contributed by atoms with E-state index >= 15 is 0 Å². The molecule has 3 rings (SSSR count). The van der Waals surface area contributed by atoms with Gasteiger partial charge in [-0.1, -0.05) is 31.9 Å². The highest BCUT2D eigenvalue weighted by molar-refractivity contribution is 7.91. The largest absolute Gasteiger partial charge is 0.340 e. The number of benzene rings is 1. The second-order valence-corrected chi connectivity index (χ2v) is 11.1. The molecule has 8 nitrogen and oxygen atoms in total. The van der Waals surface area contributed by atoms with E-state index in [-0.39, 0.29) is 34.2 Å². The van der Waals surface area contributed by atoms with Gasteiger partial charge in [-0.25, -0.2) is 16.8 Å². The maximum atomic E-state index is 13.1. The van der Waals surface area contributed by atoms with Crippen LogP contribution >= 0.6 is 0 Å². The van der Waals surface area contributed by atoms with Gasteiger partial charge in [0, 0.05) is 18.7 Å². The zero-order chi connectivity index (χ0) is 20.5. The molecule has 1 saturated heterocycles. The van der Waals surface area contributed by atoms with Crippen molar-refractivity contribution in [1.29, 1.82) is 0 Å². The summed E-state index contributed by atoms with van der Waals surface area (Å²) in [7, 11) is -5.20. The molecule has 0 aromatic heterocycles. The van der Waals surface area contributed by atoms with E-state index in [0.717, 1.165) is 12.8 Å². The maximum Gasteiger partial charge on any atom is 0.263 e. The predicted molar refractivity (Wildman–Crippen MR) is 106 cm³/mol. The third kappa shape index (κ3) is 4.22. The average Bonchev–Trinajstić information content (AvgIpc) is 3.14. The number of sulfone groups is 1. The number of hydrogen-bond acceptors (Lipinski definition) is 6. The number of nitrogens with zero attached hydrogens (tertiary/aromatic N) is 2. The molecular weight excluding hydrogens is 402 g/mol. The number of fused-ring (bicyclic) bond motifs is 1. The normalized spacial score (nSPS) is 24.5. The van der Waals surface area contributed by atoms with Crippen LogP contribution in [0.2, 0.25) is 0 Å². The van der Waals surface area contributed by atoms with Gasteiger partial charge in [-0.3, -0.25) is 14.5 Å². The predicted octanol–water partition coefficient (Wildman–Crippen LogP) is 0.929. The third-order valence-corrected chi connectivity index (χ3v) is 8.32. The monoisotopic (exact) mass is 427 g/mol. The Kier molecular flexibility index (Phi) is 5.81. The molecule has 0 aliphatic carbocycles. The molecule has 154 valence electrons. The molecular formula is C18H25N3O5S2. The molecule has 2 unspecified atom stereocenters. The minimum Gasteiger partial charge on any atom is -0.340 e. The van der Waals surface area contributed by atoms with Crippen molar-refractivity contribution in [3.8, 4) is 0 Å². The second kappa shape index (κ2) is 7.82. The Hall–Kier alpha value is -1.94. The van der Waals surface area contributed by atoms with Crippen LogP contribution in [0.4, 0.5) is 0 Å². The first-order chi connectivity index (χ1) is 13.1. The van der Waals surface area contributed by atoms with Crippen molar-refractivity contribution >= 4 is 31.6 Å². The van der Waals surface area contributed by atoms with Gasteiger partial charge in [-0.05, 0) is 25.0 Å². The van der Waals surface area contributed by atoms with E-state index in [1.54, 1.807) is 25.2 Å². The van der Waals surface area contributed by atoms with Gasteiger partial charge >= 0.3 is 0 Å². The fraction of sp³-hybridized carbons (Fsp3) is 0.556. The summed E-state index contributed by atoms with van der Waals surface area (Å²) >= 11 is 0. The Bertz CT molecular complexity index is 1000. The fourth-order valence-corrected chi connectivity index (χ4v) is 6.54. The molecule has 2 heterocycles. The first-order valence-corrected chi connectivity index (χ1v) is 12.6. The molecule has 0 saturated carbocycles. The maximum absolute atomic E-state index is 13.1. The summed E-state index contributed by atoms with van der Waals surface area (Å²) in [5, 5.41) is 0. The molecule has 2 aliphatic heterocycles. The molecule has 1 N–H and O–H groups in total. The average molecular weight is 428 g/mol. The van der Waals surface area contributed by atoms with Crippen molar-refractivity contribution in [3.05, 3.63) is 29.8 Å². The van der Waals surface area contributed by atoms with Crippen LogP contribution in [0.1, 0.15) is 38.2 Å². The number of amidine groups is 1. The van der Waals surface area contributed by atoms with Gasteiger partial charge in [-0.15, -0.1) is 0 Å². The highest BCUT2D eigenvalue weighted by Gasteiger charge is 2.36. The van der Waals surface area contributed by atoms with E-state index in [1.807, 2.05) is 6.92 Å². The first kappa shape index (κ1) is 20.8. The van der Waals surface area contributed by atoms with Crippen LogP contribution < -0.4 is 4.72 Å². The Morgan fingerprint density at radius 3 is 2.64 bits per heavy atom. The zero-order valence-corrected chi connectivity index (χ0v) is 17.6. The standard InChI is InChI=1S/C18H25N3O5S2/c1-3-4-8-15(18(22)21(2)13-10-11-27(23,24)12-13)19-17-14-7-5-6-9-16(14)28(25,26)20-17/h5-7,9,13,15H,3-4,8,10-12H2,1-2H3,(H,19,20). The number of rotatable bonds is 6. The van der Waals surface area contributed by atoms with E-state index in [4.69, 9.17) is 0 Å². The van der Waals surface area contributed by atoms with Crippen molar-refractivity contribution in [2.24, 2.45) is 4.99 Å². The van der Waals surface area contributed by atoms with Crippen LogP contribution in [0.5, 0.6) is 0 Å². The molecule has 0 spiro atoms. The van der Waals surface area contributed by atoms with Gasteiger partial charge in [0.2, 0.25) is 5.91 Å². The number of hydrogen-bond donors (Lipinski definition) is 1. The summed E-state index contributed by atoms with van der Waals surface area (Å²) in [6.07, 6.45) is 2.49. The zero-order valence-electron chi connectivity index (χ0n) is 16.0. The lowest BCUT2D eigenvalue weighted by molar-refractivity contribution is -0.133. The molecule has 2 aliphatic rings. The molecule has 1 fully saturated rings. The Labute approximate surface area is 166 Å². The Morgan fingerprint density at radius 1 is 1.29 bits per heavy atom. The van der Waals surface area contributed by atoms with E-state index in [0.29, 0.717) is 18.4 Å². The fourth-order valence-electron chi connectivity index (χ4n) is 3.52. The smallest absolute Gasteiger partial charge is 0.263 e. The van der Waals surface area contributed by atoms with Crippen LogP contribution in [-0.4, -0.2) is 64.1 Å². The second-order valence-electron chi connectivity index (χ2n) is 7.24. The molecule has 0 bridgehead atoms. The van der Waals surface area contributed by atoms with E-state index in [9.17, 15) is 21.6 Å². The van der Waals surface area contributed by atoms with Gasteiger partial charge in [0.25, 0.3) is 10.0 Å². The van der Waals surface area contributed by atoms with Gasteiger partial charge in [-0.2, -0.15) is 0 Å². The minimum absolute atomic E-state index is 0.0399. The van der Waals surface area contributed by atoms with Crippen LogP contribution in [0, 0.1) is 0 Å². The molecule has 1 aromatic carbocycles. The summed E-state index contributed by atoms with van der Waals surface area (Å²) in [5.74, 6) is -0.0811. The molecule has 0 radical (unpaired) electrons. The van der Waals surface area contributed by atoms with Crippen molar-refractivity contribution < 1.29 is 21.6 Å². The summed E-state index contributed by atoms with van der Waals surface area (Å²) in [6, 6.07) is 5.37. The van der Waals surface area contributed by atoms with Crippen LogP contribution in [-0.2, 0) is 24.7 Å². The highest BCUT2D eigenvalue weighted by Crippen LogP contribution is 2.24. The van der Waals surface area contributed by atoms with Gasteiger partial charge in [0.15, 0.2) is 9.84 Å². The number of carbonyl (C=O) groups is 1. The van der Waals surface area contributed by atoms with Gasteiger partial charge in [0.05, 0.1) is 16.4 Å². The Balaban J connectivity index is 1.89. The van der Waals surface area contributed by atoms with E-state index in [1.165, 1.54) is 11.0 Å². The lowest BCUT2D eigenvalue weighted by Gasteiger charge is -2.26. The number of sulfonamides is 1. The number of unbranched alkanes of at least 4 members (excludes halogenated alkanes) is 1. The Morgan fingerprint density at radius 2 is 2.00 bits per heavy atom. The topological polar surface area (TPSA) is 113 Å². The summed E-state index contributed by atoms with van der Waals surface area (Å²) in [6.45, 7) is 2.00. The third-order valence-electron chi connectivity index (χ3n) is 5.17. The van der Waals surface area contributed by atoms with Gasteiger partial charge in [0.1, 0.15) is 11.9 Å². The lowest BCUT2D eigenvalue weighted by Crippen LogP contribution is -2.43. The first-order valence-electron chi connectivity index (χ1n) is 9.32. The lowest BCUT2D eigenvalue weighted by atomic mass is 10.1. The summed E-state index contributed by atoms with van der Waals surface area (Å²) < 4.78 is 50.5. The van der Waals surface area contributed by atoms with Crippen molar-refractivity contribution in [2.75, 3.05) is 18.6 Å². The minimum atomic E-state index is -3.68. The number of nitrogens with one attached hydrogen (secondary N) is 1. The number of aliphatic imine (C=N–C) groups is 1. The van der Waals surface area contributed by atoms with E-state index in [2.05, 4.69) is 9.71 Å². The number of likely N-dealkylation sites (N-methyl/N-ethyl adjacent to an activating group) is 1. The molecule has 10 heteroatoms. The number of amides is 1. The molecule has 1 amide bonds. The van der Waals surface area contributed by atoms with Crippen LogP contribution in [0.3, 0.4) is 0 Å². The summed E-state index contributed by atoms with van der Waals surface area (Å²) in [4.78, 5) is 19.1. The molecule has 2 atom stereocenters. The SMILES string of the molecule is CCCCC(N=C1NS(=O)(=O)c2ccccc21)C(=O)N(C)C1CCS(=O)(=O)C1. The summed E-state index contributed by atoms with van der Waals surface area (Å²) in [5.41, 5.74) is 0.447. The quantitative estimate of drug-likeness (QED) is 0.726. The number of carbonyl (C=O) groups excluding carboxylic acids is 1. The van der Waals surface area contributed by atoms with Crippen molar-refractivity contribution in [1.82, 2.24) is 9.62 Å². The van der Waals surface area contributed by atoms with Crippen molar-refractivity contribution in [3.63, 3.8) is 0 Å². The highest BCUT2D eigenvalue weighted by atomic mass is 32.2. The molecule has 28 heavy (non-hydrogen) atoms.